The predicted molar refractivity (Wildman–Crippen MR) is 129 cm³/mol. The normalized spacial score (nSPS) is 28.0. The lowest BCUT2D eigenvalue weighted by Gasteiger charge is -2.46. The van der Waals surface area contributed by atoms with Gasteiger partial charge in [0.2, 0.25) is 5.96 Å². The van der Waals surface area contributed by atoms with Gasteiger partial charge in [-0.3, -0.25) is 4.79 Å². The Morgan fingerprint density at radius 2 is 2.03 bits per heavy atom. The molecule has 1 aromatic rings. The summed E-state index contributed by atoms with van der Waals surface area (Å²) in [5, 5.41) is 10.6. The van der Waals surface area contributed by atoms with E-state index in [1.54, 1.807) is 19.4 Å². The van der Waals surface area contributed by atoms with Crippen molar-refractivity contribution in [1.29, 1.82) is 0 Å². The van der Waals surface area contributed by atoms with Crippen LogP contribution in [0.1, 0.15) is 50.5 Å². The van der Waals surface area contributed by atoms with Crippen LogP contribution in [0.25, 0.3) is 0 Å². The highest BCUT2D eigenvalue weighted by Crippen LogP contribution is 2.53. The molecule has 3 N–H and O–H groups in total. The number of hydrogen-bond donors (Lipinski definition) is 2. The molecule has 2 heterocycles. The smallest absolute Gasteiger partial charge is 0.250 e. The predicted octanol–water partition coefficient (Wildman–Crippen LogP) is 3.02. The second-order valence-corrected chi connectivity index (χ2v) is 10.5. The van der Waals surface area contributed by atoms with Crippen LogP contribution in [0.5, 0.6) is 5.75 Å². The molecule has 184 valence electrons. The Balaban J connectivity index is 1.43. The van der Waals surface area contributed by atoms with Gasteiger partial charge in [-0.25, -0.2) is 4.99 Å². The lowest BCUT2D eigenvalue weighted by molar-refractivity contribution is -0.119. The van der Waals surface area contributed by atoms with Crippen molar-refractivity contribution in [1.82, 2.24) is 9.80 Å². The number of methoxy groups -OCH3 is 1. The molecular weight excluding hydrogens is 456 g/mol. The summed E-state index contributed by atoms with van der Waals surface area (Å²) in [6, 6.07) is 5.61. The van der Waals surface area contributed by atoms with Gasteiger partial charge < -0.3 is 30.1 Å². The first-order valence-corrected chi connectivity index (χ1v) is 12.5. The SMILES string of the molecule is COc1ccc(COC2C(C(N)=O)=CN=C(N3CCC4(CC4)C3)N2C2CCC(O)CC2)cc1Cl. The molecule has 1 amide bonds. The number of aliphatic hydroxyl groups excluding tert-OH is 1. The number of ether oxygens (including phenoxy) is 2. The number of aliphatic hydroxyl groups is 1. The van der Waals surface area contributed by atoms with Gasteiger partial charge in [0.05, 0.1) is 30.4 Å². The van der Waals surface area contributed by atoms with Gasteiger partial charge in [-0.05, 0) is 68.1 Å². The maximum Gasteiger partial charge on any atom is 0.250 e. The van der Waals surface area contributed by atoms with E-state index in [0.29, 0.717) is 21.8 Å². The molecule has 5 rings (SSSR count). The lowest BCUT2D eigenvalue weighted by atomic mass is 9.91. The number of halogens is 1. The van der Waals surface area contributed by atoms with Gasteiger partial charge in [0, 0.05) is 25.3 Å². The van der Waals surface area contributed by atoms with Crippen LogP contribution in [0, 0.1) is 5.41 Å². The van der Waals surface area contributed by atoms with Crippen molar-refractivity contribution >= 4 is 23.5 Å². The highest BCUT2D eigenvalue weighted by Gasteiger charge is 2.50. The van der Waals surface area contributed by atoms with Gasteiger partial charge >= 0.3 is 0 Å². The number of likely N-dealkylation sites (tertiary alicyclic amines) is 1. The van der Waals surface area contributed by atoms with E-state index in [9.17, 15) is 9.90 Å². The fourth-order valence-corrected chi connectivity index (χ4v) is 5.75. The van der Waals surface area contributed by atoms with Crippen molar-refractivity contribution in [3.05, 3.63) is 40.6 Å². The second-order valence-electron chi connectivity index (χ2n) is 10.1. The zero-order chi connectivity index (χ0) is 23.9. The molecule has 2 saturated carbocycles. The summed E-state index contributed by atoms with van der Waals surface area (Å²) in [5.41, 5.74) is 7.42. The number of nitrogens with two attached hydrogens (primary N) is 1. The number of amides is 1. The summed E-state index contributed by atoms with van der Waals surface area (Å²) in [4.78, 5) is 21.7. The number of primary amides is 1. The summed E-state index contributed by atoms with van der Waals surface area (Å²) in [6.45, 7) is 2.19. The van der Waals surface area contributed by atoms with Crippen LogP contribution in [0.4, 0.5) is 0 Å². The van der Waals surface area contributed by atoms with Crippen LogP contribution in [-0.2, 0) is 16.1 Å². The fraction of sp³-hybridized carbons (Fsp3) is 0.600. The highest BCUT2D eigenvalue weighted by atomic mass is 35.5. The number of rotatable bonds is 6. The molecule has 0 radical (unpaired) electrons. The Kier molecular flexibility index (Phi) is 6.48. The average molecular weight is 489 g/mol. The molecule has 1 aromatic carbocycles. The van der Waals surface area contributed by atoms with Gasteiger partial charge in [-0.2, -0.15) is 0 Å². The molecule has 2 aliphatic carbocycles. The molecule has 1 saturated heterocycles. The maximum absolute atomic E-state index is 12.4. The third kappa shape index (κ3) is 4.63. The number of benzene rings is 1. The quantitative estimate of drug-likeness (QED) is 0.638. The van der Waals surface area contributed by atoms with Gasteiger partial charge in [0.15, 0.2) is 6.23 Å². The van der Waals surface area contributed by atoms with Crippen LogP contribution in [-0.4, -0.2) is 65.3 Å². The van der Waals surface area contributed by atoms with Crippen molar-refractivity contribution in [3.8, 4) is 5.75 Å². The molecule has 8 nitrogen and oxygen atoms in total. The third-order valence-corrected chi connectivity index (χ3v) is 8.01. The topological polar surface area (TPSA) is 101 Å². The standard InChI is InChI=1S/C25H33ClN4O4/c1-33-21-7-2-16(12-20(21)26)14-34-23-19(22(27)32)13-28-24(29-11-10-25(15-29)8-9-25)30(23)17-3-5-18(31)6-4-17/h2,7,12-13,17-18,23,31H,3-6,8-11,14-15H2,1H3,(H2,27,32). The molecule has 2 aliphatic heterocycles. The zero-order valence-electron chi connectivity index (χ0n) is 19.6. The minimum atomic E-state index is -0.651. The van der Waals surface area contributed by atoms with Crippen LogP contribution in [0.2, 0.25) is 5.02 Å². The molecule has 3 fully saturated rings. The molecule has 0 bridgehead atoms. The van der Waals surface area contributed by atoms with Crippen LogP contribution in [0.3, 0.4) is 0 Å². The average Bonchev–Trinajstić information content (AvgIpc) is 3.46. The van der Waals surface area contributed by atoms with E-state index in [1.807, 2.05) is 12.1 Å². The van der Waals surface area contributed by atoms with Gasteiger partial charge in [-0.1, -0.05) is 17.7 Å². The van der Waals surface area contributed by atoms with Crippen molar-refractivity contribution in [3.63, 3.8) is 0 Å². The Morgan fingerprint density at radius 3 is 2.65 bits per heavy atom. The van der Waals surface area contributed by atoms with Crippen LogP contribution >= 0.6 is 11.6 Å². The zero-order valence-corrected chi connectivity index (χ0v) is 20.3. The van der Waals surface area contributed by atoms with Gasteiger partial charge in [-0.15, -0.1) is 0 Å². The number of guanidine groups is 1. The molecule has 0 aromatic heterocycles. The Morgan fingerprint density at radius 1 is 1.26 bits per heavy atom. The van der Waals surface area contributed by atoms with E-state index in [-0.39, 0.29) is 18.8 Å². The summed E-state index contributed by atoms with van der Waals surface area (Å²) in [7, 11) is 1.58. The Labute approximate surface area is 205 Å². The molecule has 9 heteroatoms. The summed E-state index contributed by atoms with van der Waals surface area (Å²) < 4.78 is 11.7. The molecule has 1 unspecified atom stereocenters. The van der Waals surface area contributed by atoms with E-state index in [1.165, 1.54) is 19.3 Å². The van der Waals surface area contributed by atoms with Crippen LogP contribution < -0.4 is 10.5 Å². The van der Waals surface area contributed by atoms with Gasteiger partial charge in [0.1, 0.15) is 5.75 Å². The highest BCUT2D eigenvalue weighted by molar-refractivity contribution is 6.32. The molecule has 1 atom stereocenters. The lowest BCUT2D eigenvalue weighted by Crippen LogP contribution is -2.58. The van der Waals surface area contributed by atoms with E-state index in [4.69, 9.17) is 31.8 Å². The Bertz CT molecular complexity index is 1000. The number of carbonyl (C=O) groups excluding carboxylic acids is 1. The molecule has 34 heavy (non-hydrogen) atoms. The third-order valence-electron chi connectivity index (χ3n) is 7.72. The van der Waals surface area contributed by atoms with Crippen LogP contribution in [0.15, 0.2) is 35.0 Å². The molecular formula is C25H33ClN4O4. The van der Waals surface area contributed by atoms with E-state index in [0.717, 1.165) is 50.3 Å². The minimum Gasteiger partial charge on any atom is -0.495 e. The first kappa shape index (κ1) is 23.5. The van der Waals surface area contributed by atoms with Gasteiger partial charge in [0.25, 0.3) is 5.91 Å². The monoisotopic (exact) mass is 488 g/mol. The maximum atomic E-state index is 12.4. The first-order valence-electron chi connectivity index (χ1n) is 12.1. The molecule has 4 aliphatic rings. The largest absolute Gasteiger partial charge is 0.495 e. The summed E-state index contributed by atoms with van der Waals surface area (Å²) >= 11 is 6.31. The summed E-state index contributed by atoms with van der Waals surface area (Å²) in [6.07, 6.45) is 7.40. The van der Waals surface area contributed by atoms with Crippen molar-refractivity contribution in [2.75, 3.05) is 20.2 Å². The summed E-state index contributed by atoms with van der Waals surface area (Å²) in [5.74, 6) is 0.912. The number of hydrogen-bond acceptors (Lipinski definition) is 7. The fourth-order valence-electron chi connectivity index (χ4n) is 5.47. The number of carbonyl (C=O) groups is 1. The van der Waals surface area contributed by atoms with Crippen molar-refractivity contribution < 1.29 is 19.4 Å². The molecule has 1 spiro atoms. The van der Waals surface area contributed by atoms with E-state index in [2.05, 4.69) is 9.80 Å². The first-order chi connectivity index (χ1) is 16.4. The second kappa shape index (κ2) is 9.40. The number of nitrogens with zero attached hydrogens (tertiary/aromatic N) is 3. The van der Waals surface area contributed by atoms with E-state index < -0.39 is 12.1 Å². The minimum absolute atomic E-state index is 0.102. The van der Waals surface area contributed by atoms with Crippen molar-refractivity contribution in [2.45, 2.75) is 69.9 Å². The Hall–Kier alpha value is -2.29. The van der Waals surface area contributed by atoms with E-state index >= 15 is 0 Å². The van der Waals surface area contributed by atoms with Crippen molar-refractivity contribution in [2.24, 2.45) is 16.1 Å². The number of aliphatic imine (C=N–C) groups is 1.